The minimum Gasteiger partial charge on any atom is -0.303 e. The molecule has 0 N–H and O–H groups in total. The van der Waals surface area contributed by atoms with Gasteiger partial charge in [0.2, 0.25) is 0 Å². The lowest BCUT2D eigenvalue weighted by Crippen LogP contribution is -2.40. The molecule has 0 aromatic heterocycles. The van der Waals surface area contributed by atoms with Crippen molar-refractivity contribution in [2.75, 3.05) is 19.6 Å². The highest BCUT2D eigenvalue weighted by Gasteiger charge is 2.25. The average molecular weight is 225 g/mol. The zero-order valence-corrected chi connectivity index (χ0v) is 11.5. The first kappa shape index (κ1) is 13.7. The van der Waals surface area contributed by atoms with Crippen molar-refractivity contribution in [1.29, 1.82) is 0 Å². The summed E-state index contributed by atoms with van der Waals surface area (Å²) < 4.78 is 0. The first-order valence-corrected chi connectivity index (χ1v) is 6.56. The highest BCUT2D eigenvalue weighted by atomic mass is 16.1. The Morgan fingerprint density at radius 2 is 1.88 bits per heavy atom. The van der Waals surface area contributed by atoms with Gasteiger partial charge >= 0.3 is 0 Å². The van der Waals surface area contributed by atoms with Gasteiger partial charge in [0.05, 0.1) is 0 Å². The molecule has 0 aliphatic carbocycles. The quantitative estimate of drug-likeness (QED) is 0.736. The molecule has 0 radical (unpaired) electrons. The van der Waals surface area contributed by atoms with Crippen LogP contribution in [0.25, 0.3) is 0 Å². The Balaban J connectivity index is 2.32. The number of likely N-dealkylation sites (tertiary alicyclic amines) is 1. The van der Waals surface area contributed by atoms with Crippen LogP contribution in [-0.4, -0.2) is 30.3 Å². The molecule has 1 fully saturated rings. The van der Waals surface area contributed by atoms with Gasteiger partial charge in [-0.3, -0.25) is 4.79 Å². The van der Waals surface area contributed by atoms with E-state index in [0.717, 1.165) is 18.4 Å². The van der Waals surface area contributed by atoms with E-state index in [1.807, 2.05) is 20.8 Å². The first-order valence-electron chi connectivity index (χ1n) is 6.56. The first-order chi connectivity index (χ1) is 7.30. The molecular formula is C14H27NO. The second-order valence-corrected chi connectivity index (χ2v) is 6.47. The number of carbonyl (C=O) groups excluding carboxylic acids is 1. The third-order valence-electron chi connectivity index (χ3n) is 3.91. The summed E-state index contributed by atoms with van der Waals surface area (Å²) in [6.45, 7) is 14.0. The Kier molecular flexibility index (Phi) is 4.54. The number of rotatable bonds is 3. The third-order valence-corrected chi connectivity index (χ3v) is 3.91. The van der Waals surface area contributed by atoms with Gasteiger partial charge in [0.25, 0.3) is 0 Å². The van der Waals surface area contributed by atoms with Gasteiger partial charge in [0.15, 0.2) is 0 Å². The Hall–Kier alpha value is -0.370. The standard InChI is InChI=1S/C14H27NO/c1-11-6-8-15(10-12(11)2)9-7-13(16)14(3,4)5/h11-12H,6-10H2,1-5H3. The van der Waals surface area contributed by atoms with Crippen LogP contribution < -0.4 is 0 Å². The largest absolute Gasteiger partial charge is 0.303 e. The molecule has 0 aromatic carbocycles. The summed E-state index contributed by atoms with van der Waals surface area (Å²) >= 11 is 0. The van der Waals surface area contributed by atoms with E-state index in [0.29, 0.717) is 12.2 Å². The molecule has 1 heterocycles. The lowest BCUT2D eigenvalue weighted by atomic mass is 9.87. The van der Waals surface area contributed by atoms with Crippen molar-refractivity contribution in [3.8, 4) is 0 Å². The highest BCUT2D eigenvalue weighted by molar-refractivity contribution is 5.83. The lowest BCUT2D eigenvalue weighted by molar-refractivity contribution is -0.126. The number of hydrogen-bond acceptors (Lipinski definition) is 2. The van der Waals surface area contributed by atoms with Gasteiger partial charge in [0, 0.05) is 24.9 Å². The maximum atomic E-state index is 11.8. The van der Waals surface area contributed by atoms with E-state index in [2.05, 4.69) is 18.7 Å². The second-order valence-electron chi connectivity index (χ2n) is 6.47. The fourth-order valence-electron chi connectivity index (χ4n) is 2.19. The van der Waals surface area contributed by atoms with Crippen LogP contribution in [0.2, 0.25) is 0 Å². The SMILES string of the molecule is CC1CCN(CCC(=O)C(C)(C)C)CC1C. The molecule has 2 nitrogen and oxygen atoms in total. The van der Waals surface area contributed by atoms with E-state index in [4.69, 9.17) is 0 Å². The molecule has 2 unspecified atom stereocenters. The minimum atomic E-state index is -0.172. The normalized spacial score (nSPS) is 28.1. The number of nitrogens with zero attached hydrogens (tertiary/aromatic N) is 1. The summed E-state index contributed by atoms with van der Waals surface area (Å²) in [4.78, 5) is 14.3. The molecule has 0 aromatic rings. The maximum absolute atomic E-state index is 11.8. The van der Waals surface area contributed by atoms with Crippen LogP contribution in [0.15, 0.2) is 0 Å². The van der Waals surface area contributed by atoms with Gasteiger partial charge in [-0.05, 0) is 24.8 Å². The molecule has 0 bridgehead atoms. The summed E-state index contributed by atoms with van der Waals surface area (Å²) in [5, 5.41) is 0. The van der Waals surface area contributed by atoms with Crippen LogP contribution >= 0.6 is 0 Å². The van der Waals surface area contributed by atoms with Gasteiger partial charge in [0.1, 0.15) is 5.78 Å². The van der Waals surface area contributed by atoms with Crippen molar-refractivity contribution >= 4 is 5.78 Å². The summed E-state index contributed by atoms with van der Waals surface area (Å²) in [6, 6.07) is 0. The monoisotopic (exact) mass is 225 g/mol. The molecule has 0 amide bonds. The smallest absolute Gasteiger partial charge is 0.139 e. The van der Waals surface area contributed by atoms with E-state index in [9.17, 15) is 4.79 Å². The predicted octanol–water partition coefficient (Wildman–Crippen LogP) is 2.97. The zero-order chi connectivity index (χ0) is 12.3. The van der Waals surface area contributed by atoms with Crippen LogP contribution in [-0.2, 0) is 4.79 Å². The molecule has 1 aliphatic heterocycles. The van der Waals surface area contributed by atoms with Crippen molar-refractivity contribution in [2.24, 2.45) is 17.3 Å². The fraction of sp³-hybridized carbons (Fsp3) is 0.929. The van der Waals surface area contributed by atoms with E-state index in [-0.39, 0.29) is 5.41 Å². The molecule has 0 saturated carbocycles. The average Bonchev–Trinajstić information content (AvgIpc) is 2.18. The third kappa shape index (κ3) is 3.89. The van der Waals surface area contributed by atoms with Crippen molar-refractivity contribution in [1.82, 2.24) is 4.90 Å². The van der Waals surface area contributed by atoms with Gasteiger partial charge in [-0.1, -0.05) is 34.6 Å². The van der Waals surface area contributed by atoms with Gasteiger partial charge < -0.3 is 4.90 Å². The minimum absolute atomic E-state index is 0.172. The molecule has 94 valence electrons. The van der Waals surface area contributed by atoms with E-state index >= 15 is 0 Å². The van der Waals surface area contributed by atoms with Crippen LogP contribution in [0.1, 0.15) is 47.5 Å². The second kappa shape index (κ2) is 5.31. The molecule has 0 spiro atoms. The van der Waals surface area contributed by atoms with Crippen molar-refractivity contribution in [2.45, 2.75) is 47.5 Å². The van der Waals surface area contributed by atoms with E-state index in [1.165, 1.54) is 19.5 Å². The molecule has 1 rings (SSSR count). The van der Waals surface area contributed by atoms with Crippen LogP contribution in [0, 0.1) is 17.3 Å². The zero-order valence-electron chi connectivity index (χ0n) is 11.5. The molecule has 1 saturated heterocycles. The van der Waals surface area contributed by atoms with Gasteiger partial charge in [-0.25, -0.2) is 0 Å². The lowest BCUT2D eigenvalue weighted by Gasteiger charge is -2.35. The summed E-state index contributed by atoms with van der Waals surface area (Å²) in [6.07, 6.45) is 2.00. The number of ketones is 1. The Labute approximate surface area is 100 Å². The summed E-state index contributed by atoms with van der Waals surface area (Å²) in [7, 11) is 0. The number of piperidine rings is 1. The van der Waals surface area contributed by atoms with Crippen molar-refractivity contribution < 1.29 is 4.79 Å². The van der Waals surface area contributed by atoms with Crippen LogP contribution in [0.5, 0.6) is 0 Å². The molecule has 2 atom stereocenters. The van der Waals surface area contributed by atoms with E-state index in [1.54, 1.807) is 0 Å². The van der Waals surface area contributed by atoms with Gasteiger partial charge in [-0.15, -0.1) is 0 Å². The molecule has 1 aliphatic rings. The number of hydrogen-bond donors (Lipinski definition) is 0. The maximum Gasteiger partial charge on any atom is 0.139 e. The topological polar surface area (TPSA) is 20.3 Å². The molecular weight excluding hydrogens is 198 g/mol. The van der Waals surface area contributed by atoms with Crippen molar-refractivity contribution in [3.05, 3.63) is 0 Å². The van der Waals surface area contributed by atoms with Gasteiger partial charge in [-0.2, -0.15) is 0 Å². The number of Topliss-reactive ketones (excluding diaryl/α,β-unsaturated/α-hetero) is 1. The Bertz CT molecular complexity index is 242. The highest BCUT2D eigenvalue weighted by Crippen LogP contribution is 2.23. The Morgan fingerprint density at radius 3 is 2.38 bits per heavy atom. The predicted molar refractivity (Wildman–Crippen MR) is 68.5 cm³/mol. The van der Waals surface area contributed by atoms with Crippen LogP contribution in [0.3, 0.4) is 0 Å². The fourth-order valence-corrected chi connectivity index (χ4v) is 2.19. The molecule has 16 heavy (non-hydrogen) atoms. The van der Waals surface area contributed by atoms with Crippen LogP contribution in [0.4, 0.5) is 0 Å². The van der Waals surface area contributed by atoms with E-state index < -0.39 is 0 Å². The van der Waals surface area contributed by atoms with Crippen molar-refractivity contribution in [3.63, 3.8) is 0 Å². The molecule has 2 heteroatoms. The summed E-state index contributed by atoms with van der Waals surface area (Å²) in [5.74, 6) is 2.01. The Morgan fingerprint density at radius 1 is 1.25 bits per heavy atom. The number of carbonyl (C=O) groups is 1. The summed E-state index contributed by atoms with van der Waals surface area (Å²) in [5.41, 5.74) is -0.172.